The molecule has 0 amide bonds. The Balaban J connectivity index is 1.99. The van der Waals surface area contributed by atoms with Gasteiger partial charge in [0.2, 0.25) is 5.78 Å². The van der Waals surface area contributed by atoms with E-state index >= 15 is 0 Å². The Kier molecular flexibility index (Phi) is 4.86. The van der Waals surface area contributed by atoms with Crippen LogP contribution in [-0.2, 0) is 9.53 Å². The summed E-state index contributed by atoms with van der Waals surface area (Å²) in [6.45, 7) is 1.95. The number of nitrogens with zero attached hydrogens (tertiary/aromatic N) is 1. The van der Waals surface area contributed by atoms with Crippen molar-refractivity contribution in [1.82, 2.24) is 5.43 Å². The summed E-state index contributed by atoms with van der Waals surface area (Å²) in [5.74, 6) is -1.24. The average molecular weight is 357 g/mol. The minimum atomic E-state index is -0.754. The quantitative estimate of drug-likeness (QED) is 0.675. The minimum Gasteiger partial charge on any atom is -0.467 e. The summed E-state index contributed by atoms with van der Waals surface area (Å²) >= 11 is 5.95. The van der Waals surface area contributed by atoms with E-state index in [0.717, 1.165) is 11.1 Å². The second-order valence-corrected chi connectivity index (χ2v) is 6.29. The van der Waals surface area contributed by atoms with Gasteiger partial charge in [0.05, 0.1) is 13.0 Å². The van der Waals surface area contributed by atoms with Gasteiger partial charge in [0.15, 0.2) is 6.04 Å². The third-order valence-corrected chi connectivity index (χ3v) is 4.43. The highest BCUT2D eigenvalue weighted by Crippen LogP contribution is 2.29. The number of esters is 1. The molecule has 1 aliphatic rings. The SMILES string of the molecule is COC(=O)[C@H]1NN=C(C(=O)c2ccc(C)cc2)[C@@H]1c1ccc(Cl)cc1. The monoisotopic (exact) mass is 356 g/mol. The molecule has 5 nitrogen and oxygen atoms in total. The molecule has 1 N–H and O–H groups in total. The van der Waals surface area contributed by atoms with Gasteiger partial charge in [0.1, 0.15) is 5.71 Å². The van der Waals surface area contributed by atoms with E-state index in [2.05, 4.69) is 10.5 Å². The predicted molar refractivity (Wildman–Crippen MR) is 96.1 cm³/mol. The number of rotatable bonds is 4. The van der Waals surface area contributed by atoms with Crippen LogP contribution >= 0.6 is 11.6 Å². The van der Waals surface area contributed by atoms with Crippen LogP contribution in [0.2, 0.25) is 5.02 Å². The zero-order valence-corrected chi connectivity index (χ0v) is 14.6. The number of aryl methyl sites for hydroxylation is 1. The highest BCUT2D eigenvalue weighted by molar-refractivity contribution is 6.48. The van der Waals surface area contributed by atoms with E-state index in [4.69, 9.17) is 16.3 Å². The fourth-order valence-corrected chi connectivity index (χ4v) is 2.95. The van der Waals surface area contributed by atoms with Crippen molar-refractivity contribution in [2.24, 2.45) is 5.10 Å². The fraction of sp³-hybridized carbons (Fsp3) is 0.211. The van der Waals surface area contributed by atoms with Crippen molar-refractivity contribution in [2.75, 3.05) is 7.11 Å². The average Bonchev–Trinajstić information content (AvgIpc) is 3.06. The Morgan fingerprint density at radius 1 is 1.08 bits per heavy atom. The molecule has 0 bridgehead atoms. The van der Waals surface area contributed by atoms with Crippen LogP contribution in [0.5, 0.6) is 0 Å². The molecule has 25 heavy (non-hydrogen) atoms. The van der Waals surface area contributed by atoms with E-state index in [1.54, 1.807) is 36.4 Å². The summed E-state index contributed by atoms with van der Waals surface area (Å²) in [6.07, 6.45) is 0. The summed E-state index contributed by atoms with van der Waals surface area (Å²) in [5.41, 5.74) is 5.37. The highest BCUT2D eigenvalue weighted by Gasteiger charge is 2.41. The number of hydrogen-bond donors (Lipinski definition) is 1. The Bertz CT molecular complexity index is 829. The lowest BCUT2D eigenvalue weighted by atomic mass is 9.85. The maximum atomic E-state index is 12.9. The lowest BCUT2D eigenvalue weighted by molar-refractivity contribution is -0.143. The molecule has 128 valence electrons. The van der Waals surface area contributed by atoms with Crippen LogP contribution in [0.15, 0.2) is 53.6 Å². The number of ether oxygens (including phenoxy) is 1. The molecule has 0 unspecified atom stereocenters. The van der Waals surface area contributed by atoms with Gasteiger partial charge in [-0.15, -0.1) is 0 Å². The van der Waals surface area contributed by atoms with E-state index in [1.807, 2.05) is 19.1 Å². The summed E-state index contributed by atoms with van der Waals surface area (Å²) < 4.78 is 4.85. The molecule has 2 aromatic carbocycles. The number of hydrazone groups is 1. The van der Waals surface area contributed by atoms with Gasteiger partial charge in [-0.3, -0.25) is 10.2 Å². The molecule has 2 atom stereocenters. The third-order valence-electron chi connectivity index (χ3n) is 4.18. The number of halogens is 1. The van der Waals surface area contributed by atoms with E-state index in [9.17, 15) is 9.59 Å². The maximum Gasteiger partial charge on any atom is 0.330 e. The van der Waals surface area contributed by atoms with Crippen molar-refractivity contribution < 1.29 is 14.3 Å². The van der Waals surface area contributed by atoms with Crippen molar-refractivity contribution >= 4 is 29.1 Å². The fourth-order valence-electron chi connectivity index (χ4n) is 2.82. The van der Waals surface area contributed by atoms with Crippen molar-refractivity contribution in [3.8, 4) is 0 Å². The van der Waals surface area contributed by atoms with Crippen molar-refractivity contribution in [3.05, 3.63) is 70.2 Å². The first-order valence-electron chi connectivity index (χ1n) is 7.79. The Labute approximate surface area is 150 Å². The zero-order chi connectivity index (χ0) is 18.0. The van der Waals surface area contributed by atoms with Crippen LogP contribution in [0.4, 0.5) is 0 Å². The Morgan fingerprint density at radius 3 is 2.32 bits per heavy atom. The van der Waals surface area contributed by atoms with Crippen molar-refractivity contribution in [3.63, 3.8) is 0 Å². The molecular formula is C19H17ClN2O3. The zero-order valence-electron chi connectivity index (χ0n) is 13.8. The second kappa shape index (κ2) is 7.07. The molecule has 6 heteroatoms. The molecule has 1 aliphatic heterocycles. The largest absolute Gasteiger partial charge is 0.467 e. The van der Waals surface area contributed by atoms with Crippen LogP contribution in [0.1, 0.15) is 27.4 Å². The van der Waals surface area contributed by atoms with Crippen LogP contribution < -0.4 is 5.43 Å². The number of ketones is 1. The number of benzene rings is 2. The highest BCUT2D eigenvalue weighted by atomic mass is 35.5. The number of methoxy groups -OCH3 is 1. The molecule has 0 aromatic heterocycles. The van der Waals surface area contributed by atoms with Crippen LogP contribution in [0.3, 0.4) is 0 Å². The number of Topliss-reactive ketones (excluding diaryl/α,β-unsaturated/α-hetero) is 1. The first kappa shape index (κ1) is 17.2. The first-order valence-corrected chi connectivity index (χ1v) is 8.17. The molecule has 0 saturated heterocycles. The molecule has 0 fully saturated rings. The maximum absolute atomic E-state index is 12.9. The number of carbonyl (C=O) groups excluding carboxylic acids is 2. The summed E-state index contributed by atoms with van der Waals surface area (Å²) in [4.78, 5) is 25.0. The molecule has 0 aliphatic carbocycles. The summed E-state index contributed by atoms with van der Waals surface area (Å²) in [5, 5.41) is 4.72. The smallest absolute Gasteiger partial charge is 0.330 e. The van der Waals surface area contributed by atoms with Gasteiger partial charge >= 0.3 is 5.97 Å². The lowest BCUT2D eigenvalue weighted by Gasteiger charge is -2.19. The number of carbonyl (C=O) groups is 2. The van der Waals surface area contributed by atoms with Gasteiger partial charge in [-0.2, -0.15) is 5.10 Å². The van der Waals surface area contributed by atoms with Crippen LogP contribution in [-0.4, -0.2) is 30.6 Å². The first-order chi connectivity index (χ1) is 12.0. The van der Waals surface area contributed by atoms with Gasteiger partial charge < -0.3 is 4.74 Å². The van der Waals surface area contributed by atoms with Crippen molar-refractivity contribution in [1.29, 1.82) is 0 Å². The van der Waals surface area contributed by atoms with Crippen LogP contribution in [0.25, 0.3) is 0 Å². The molecule has 0 radical (unpaired) electrons. The van der Waals surface area contributed by atoms with Gasteiger partial charge in [-0.05, 0) is 24.6 Å². The van der Waals surface area contributed by atoms with E-state index in [-0.39, 0.29) is 11.5 Å². The Hall–Kier alpha value is -2.66. The summed E-state index contributed by atoms with van der Waals surface area (Å²) in [7, 11) is 1.31. The summed E-state index contributed by atoms with van der Waals surface area (Å²) in [6, 6.07) is 13.5. The van der Waals surface area contributed by atoms with E-state index in [0.29, 0.717) is 10.6 Å². The molecule has 3 rings (SSSR count). The Morgan fingerprint density at radius 2 is 1.72 bits per heavy atom. The molecular weight excluding hydrogens is 340 g/mol. The predicted octanol–water partition coefficient (Wildman–Crippen LogP) is 3.12. The normalized spacial score (nSPS) is 19.1. The van der Waals surface area contributed by atoms with E-state index in [1.165, 1.54) is 7.11 Å². The van der Waals surface area contributed by atoms with Gasteiger partial charge in [-0.25, -0.2) is 4.79 Å². The molecule has 1 heterocycles. The lowest BCUT2D eigenvalue weighted by Crippen LogP contribution is -2.38. The van der Waals surface area contributed by atoms with E-state index < -0.39 is 17.9 Å². The van der Waals surface area contributed by atoms with Crippen LogP contribution in [0, 0.1) is 6.92 Å². The molecule has 0 saturated carbocycles. The molecule has 2 aromatic rings. The van der Waals surface area contributed by atoms with Gasteiger partial charge in [0.25, 0.3) is 0 Å². The van der Waals surface area contributed by atoms with Gasteiger partial charge in [0, 0.05) is 10.6 Å². The van der Waals surface area contributed by atoms with Crippen molar-refractivity contribution in [2.45, 2.75) is 18.9 Å². The number of hydrogen-bond acceptors (Lipinski definition) is 5. The number of nitrogens with one attached hydrogen (secondary N) is 1. The second-order valence-electron chi connectivity index (χ2n) is 5.85. The van der Waals surface area contributed by atoms with Gasteiger partial charge in [-0.1, -0.05) is 53.6 Å². The minimum absolute atomic E-state index is 0.223. The third kappa shape index (κ3) is 3.42. The topological polar surface area (TPSA) is 67.8 Å². The molecule has 0 spiro atoms. The standard InChI is InChI=1S/C19H17ClN2O3/c1-11-3-5-13(6-4-11)18(23)16-15(12-7-9-14(20)10-8-12)17(22-21-16)19(24)25-2/h3-10,15,17,22H,1-2H3/t15-,17-/m0/s1.